The molecule has 1 saturated carbocycles. The second kappa shape index (κ2) is 6.71. The normalized spacial score (nSPS) is 26.6. The Bertz CT molecular complexity index is 292. The fraction of sp³-hybridized carbons (Fsp3) is 0.933. The minimum absolute atomic E-state index is 0.191. The smallest absolute Gasteiger partial charge is 0.221 e. The topological polar surface area (TPSA) is 44.4 Å². The van der Waals surface area contributed by atoms with Gasteiger partial charge in [-0.05, 0) is 46.3 Å². The Kier molecular flexibility index (Phi) is 5.22. The van der Waals surface area contributed by atoms with E-state index in [0.29, 0.717) is 12.5 Å². The molecule has 1 aliphatic carbocycles. The van der Waals surface area contributed by atoms with Crippen LogP contribution in [-0.4, -0.2) is 49.6 Å². The summed E-state index contributed by atoms with van der Waals surface area (Å²) >= 11 is 0. The van der Waals surface area contributed by atoms with E-state index in [9.17, 15) is 4.79 Å². The second-order valence-electron chi connectivity index (χ2n) is 6.45. The van der Waals surface area contributed by atoms with Crippen molar-refractivity contribution in [3.63, 3.8) is 0 Å². The van der Waals surface area contributed by atoms with Crippen molar-refractivity contribution in [2.24, 2.45) is 0 Å². The molecule has 0 radical (unpaired) electrons. The zero-order valence-electron chi connectivity index (χ0n) is 12.5. The summed E-state index contributed by atoms with van der Waals surface area (Å²) in [6.45, 7) is 1.88. The third-order valence-electron chi connectivity index (χ3n) is 4.94. The molecule has 4 heteroatoms. The summed E-state index contributed by atoms with van der Waals surface area (Å²) in [6.07, 6.45) is 9.34. The molecule has 2 aliphatic rings. The molecule has 1 amide bonds. The first kappa shape index (κ1) is 14.8. The highest BCUT2D eigenvalue weighted by Gasteiger charge is 2.34. The Labute approximate surface area is 117 Å². The van der Waals surface area contributed by atoms with Crippen molar-refractivity contribution in [2.75, 3.05) is 27.2 Å². The van der Waals surface area contributed by atoms with E-state index in [0.717, 1.165) is 19.5 Å². The van der Waals surface area contributed by atoms with E-state index in [1.165, 1.54) is 38.5 Å². The molecular formula is C15H29N3O. The molecule has 0 aromatic carbocycles. The van der Waals surface area contributed by atoms with Crippen LogP contribution in [0.15, 0.2) is 0 Å². The summed E-state index contributed by atoms with van der Waals surface area (Å²) < 4.78 is 0. The zero-order chi connectivity index (χ0) is 13.7. The number of hydrogen-bond acceptors (Lipinski definition) is 3. The van der Waals surface area contributed by atoms with Crippen LogP contribution < -0.4 is 10.6 Å². The third-order valence-corrected chi connectivity index (χ3v) is 4.94. The Balaban J connectivity index is 1.79. The molecule has 2 rings (SSSR count). The molecule has 4 nitrogen and oxygen atoms in total. The van der Waals surface area contributed by atoms with Crippen LogP contribution in [0.5, 0.6) is 0 Å². The van der Waals surface area contributed by atoms with Crippen molar-refractivity contribution >= 4 is 5.91 Å². The quantitative estimate of drug-likeness (QED) is 0.793. The van der Waals surface area contributed by atoms with Crippen molar-refractivity contribution < 1.29 is 4.79 Å². The minimum atomic E-state index is 0.191. The molecule has 0 bridgehead atoms. The van der Waals surface area contributed by atoms with Gasteiger partial charge < -0.3 is 15.5 Å². The molecular weight excluding hydrogens is 238 g/mol. The monoisotopic (exact) mass is 267 g/mol. The van der Waals surface area contributed by atoms with Gasteiger partial charge in [-0.2, -0.15) is 0 Å². The molecule has 1 aliphatic heterocycles. The van der Waals surface area contributed by atoms with Gasteiger partial charge in [-0.15, -0.1) is 0 Å². The minimum Gasteiger partial charge on any atom is -0.354 e. The standard InChI is InChI=1S/C15H29N3O/c1-18(2)15(8-4-3-5-9-15)12-17-14(19)11-13-7-6-10-16-13/h13,16H,3-12H2,1-2H3,(H,17,19). The van der Waals surface area contributed by atoms with Gasteiger partial charge in [-0.3, -0.25) is 4.79 Å². The van der Waals surface area contributed by atoms with Crippen molar-refractivity contribution in [2.45, 2.75) is 62.9 Å². The molecule has 2 N–H and O–H groups in total. The lowest BCUT2D eigenvalue weighted by molar-refractivity contribution is -0.122. The first-order valence-electron chi connectivity index (χ1n) is 7.80. The van der Waals surface area contributed by atoms with Crippen molar-refractivity contribution in [3.05, 3.63) is 0 Å². The van der Waals surface area contributed by atoms with E-state index in [-0.39, 0.29) is 11.4 Å². The summed E-state index contributed by atoms with van der Waals surface area (Å²) in [7, 11) is 4.30. The Morgan fingerprint density at radius 2 is 2.00 bits per heavy atom. The lowest BCUT2D eigenvalue weighted by atomic mass is 9.80. The van der Waals surface area contributed by atoms with Gasteiger partial charge in [0.15, 0.2) is 0 Å². The summed E-state index contributed by atoms with van der Waals surface area (Å²) in [5.74, 6) is 0.214. The number of likely N-dealkylation sites (N-methyl/N-ethyl adjacent to an activating group) is 1. The van der Waals surface area contributed by atoms with E-state index in [1.807, 2.05) is 0 Å². The van der Waals surface area contributed by atoms with Gasteiger partial charge in [-0.25, -0.2) is 0 Å². The molecule has 0 aromatic heterocycles. The Morgan fingerprint density at radius 3 is 2.58 bits per heavy atom. The third kappa shape index (κ3) is 3.93. The average Bonchev–Trinajstić information content (AvgIpc) is 2.90. The lowest BCUT2D eigenvalue weighted by Crippen LogP contribution is -2.54. The van der Waals surface area contributed by atoms with Crippen molar-refractivity contribution in [1.29, 1.82) is 0 Å². The predicted molar refractivity (Wildman–Crippen MR) is 78.2 cm³/mol. The zero-order valence-corrected chi connectivity index (χ0v) is 12.5. The number of hydrogen-bond donors (Lipinski definition) is 2. The van der Waals surface area contributed by atoms with Crippen molar-refractivity contribution in [3.8, 4) is 0 Å². The van der Waals surface area contributed by atoms with Crippen LogP contribution in [0.25, 0.3) is 0 Å². The van der Waals surface area contributed by atoms with Crippen LogP contribution >= 0.6 is 0 Å². The van der Waals surface area contributed by atoms with Crippen LogP contribution in [-0.2, 0) is 4.79 Å². The summed E-state index contributed by atoms with van der Waals surface area (Å²) in [4.78, 5) is 14.4. The van der Waals surface area contributed by atoms with E-state index in [4.69, 9.17) is 0 Å². The molecule has 1 unspecified atom stereocenters. The molecule has 1 heterocycles. The van der Waals surface area contributed by atoms with E-state index >= 15 is 0 Å². The summed E-state index contributed by atoms with van der Waals surface area (Å²) in [5, 5.41) is 6.57. The highest BCUT2D eigenvalue weighted by atomic mass is 16.1. The Morgan fingerprint density at radius 1 is 1.26 bits per heavy atom. The maximum absolute atomic E-state index is 12.0. The average molecular weight is 267 g/mol. The van der Waals surface area contributed by atoms with Gasteiger partial charge in [0.1, 0.15) is 0 Å². The number of nitrogens with zero attached hydrogens (tertiary/aromatic N) is 1. The highest BCUT2D eigenvalue weighted by molar-refractivity contribution is 5.76. The van der Waals surface area contributed by atoms with Crippen LogP contribution in [0.1, 0.15) is 51.4 Å². The van der Waals surface area contributed by atoms with Crippen LogP contribution in [0.2, 0.25) is 0 Å². The van der Waals surface area contributed by atoms with Crippen molar-refractivity contribution in [1.82, 2.24) is 15.5 Å². The van der Waals surface area contributed by atoms with Gasteiger partial charge in [0, 0.05) is 24.5 Å². The fourth-order valence-electron chi connectivity index (χ4n) is 3.48. The second-order valence-corrected chi connectivity index (χ2v) is 6.45. The molecule has 0 spiro atoms. The summed E-state index contributed by atoms with van der Waals surface area (Å²) in [6, 6.07) is 0.404. The van der Waals surface area contributed by atoms with Crippen LogP contribution in [0.3, 0.4) is 0 Å². The summed E-state index contributed by atoms with van der Waals surface area (Å²) in [5.41, 5.74) is 0.191. The number of carbonyl (C=O) groups is 1. The predicted octanol–water partition coefficient (Wildman–Crippen LogP) is 1.51. The first-order valence-corrected chi connectivity index (χ1v) is 7.80. The number of carbonyl (C=O) groups excluding carboxylic acids is 1. The van der Waals surface area contributed by atoms with Crippen LogP contribution in [0.4, 0.5) is 0 Å². The van der Waals surface area contributed by atoms with Gasteiger partial charge >= 0.3 is 0 Å². The Hall–Kier alpha value is -0.610. The van der Waals surface area contributed by atoms with E-state index in [2.05, 4.69) is 29.6 Å². The van der Waals surface area contributed by atoms with Gasteiger partial charge in [0.2, 0.25) is 5.91 Å². The number of amides is 1. The molecule has 110 valence electrons. The van der Waals surface area contributed by atoms with E-state index < -0.39 is 0 Å². The van der Waals surface area contributed by atoms with Gasteiger partial charge in [0.05, 0.1) is 0 Å². The first-order chi connectivity index (χ1) is 9.12. The van der Waals surface area contributed by atoms with Gasteiger partial charge in [0.25, 0.3) is 0 Å². The maximum Gasteiger partial charge on any atom is 0.221 e. The van der Waals surface area contributed by atoms with Gasteiger partial charge in [-0.1, -0.05) is 19.3 Å². The largest absolute Gasteiger partial charge is 0.354 e. The molecule has 19 heavy (non-hydrogen) atoms. The molecule has 0 aromatic rings. The fourth-order valence-corrected chi connectivity index (χ4v) is 3.48. The number of rotatable bonds is 5. The SMILES string of the molecule is CN(C)C1(CNC(=O)CC2CCCN2)CCCCC1. The lowest BCUT2D eigenvalue weighted by Gasteiger charge is -2.43. The molecule has 2 fully saturated rings. The maximum atomic E-state index is 12.0. The molecule has 1 saturated heterocycles. The van der Waals surface area contributed by atoms with Crippen LogP contribution in [0, 0.1) is 0 Å². The molecule has 1 atom stereocenters. The highest BCUT2D eigenvalue weighted by Crippen LogP contribution is 2.31. The number of nitrogens with one attached hydrogen (secondary N) is 2. The van der Waals surface area contributed by atoms with E-state index in [1.54, 1.807) is 0 Å².